The van der Waals surface area contributed by atoms with E-state index >= 15 is 0 Å². The molecule has 1 spiro atoms. The second-order valence-corrected chi connectivity index (χ2v) is 6.77. The van der Waals surface area contributed by atoms with Crippen molar-refractivity contribution in [2.45, 2.75) is 51.2 Å². The molecule has 1 fully saturated rings. The second-order valence-electron chi connectivity index (χ2n) is 6.77. The summed E-state index contributed by atoms with van der Waals surface area (Å²) in [5.74, 6) is 0.649. The van der Waals surface area contributed by atoms with Gasteiger partial charge in [-0.15, -0.1) is 0 Å². The number of ether oxygens (including phenoxy) is 1. The largest absolute Gasteiger partial charge is 0.491 e. The van der Waals surface area contributed by atoms with Gasteiger partial charge in [0, 0.05) is 19.5 Å². The van der Waals surface area contributed by atoms with Crippen molar-refractivity contribution < 1.29 is 14.3 Å². The molecule has 128 valence electrons. The summed E-state index contributed by atoms with van der Waals surface area (Å²) in [7, 11) is 0. The molecular formula is C19H24N2O3. The van der Waals surface area contributed by atoms with Crippen molar-refractivity contribution in [3.63, 3.8) is 0 Å². The maximum Gasteiger partial charge on any atom is 0.300 e. The molecule has 0 saturated carbocycles. The zero-order chi connectivity index (χ0) is 16.6. The summed E-state index contributed by atoms with van der Waals surface area (Å²) >= 11 is 0. The van der Waals surface area contributed by atoms with Crippen molar-refractivity contribution in [2.75, 3.05) is 18.0 Å². The van der Waals surface area contributed by atoms with E-state index in [1.165, 1.54) is 11.1 Å². The van der Waals surface area contributed by atoms with E-state index in [0.717, 1.165) is 45.2 Å². The highest BCUT2D eigenvalue weighted by molar-refractivity contribution is 5.39. The average molecular weight is 328 g/mol. The fourth-order valence-electron chi connectivity index (χ4n) is 3.82. The Hall–Kier alpha value is -2.01. The van der Waals surface area contributed by atoms with Crippen LogP contribution in [0, 0.1) is 0 Å². The number of aryl methyl sites for hydroxylation is 1. The summed E-state index contributed by atoms with van der Waals surface area (Å²) in [4.78, 5) is 6.34. The first-order valence-corrected chi connectivity index (χ1v) is 8.88. The molecule has 5 heteroatoms. The molecule has 1 aromatic heterocycles. The van der Waals surface area contributed by atoms with Gasteiger partial charge in [-0.3, -0.25) is 0 Å². The molecule has 2 aromatic rings. The first-order chi connectivity index (χ1) is 11.7. The van der Waals surface area contributed by atoms with Gasteiger partial charge in [-0.05, 0) is 30.4 Å². The van der Waals surface area contributed by atoms with Crippen molar-refractivity contribution in [3.05, 3.63) is 41.2 Å². The van der Waals surface area contributed by atoms with Crippen LogP contribution in [0.15, 0.2) is 28.7 Å². The van der Waals surface area contributed by atoms with Crippen LogP contribution in [0.1, 0.15) is 49.5 Å². The zero-order valence-corrected chi connectivity index (χ0v) is 14.1. The van der Waals surface area contributed by atoms with E-state index in [1.54, 1.807) is 0 Å². The van der Waals surface area contributed by atoms with Gasteiger partial charge >= 0.3 is 6.01 Å². The third-order valence-corrected chi connectivity index (χ3v) is 5.28. The molecule has 0 bridgehead atoms. The number of rotatable bonds is 4. The molecule has 0 atom stereocenters. The summed E-state index contributed by atoms with van der Waals surface area (Å²) in [5, 5.41) is 9.97. The van der Waals surface area contributed by atoms with Gasteiger partial charge in [0.1, 0.15) is 0 Å². The number of aromatic hydroxyl groups is 1. The van der Waals surface area contributed by atoms with Crippen LogP contribution in [0.25, 0.3) is 0 Å². The van der Waals surface area contributed by atoms with Crippen molar-refractivity contribution >= 4 is 6.01 Å². The number of hydrogen-bond acceptors (Lipinski definition) is 5. The quantitative estimate of drug-likeness (QED) is 0.926. The molecule has 24 heavy (non-hydrogen) atoms. The molecule has 3 heterocycles. The van der Waals surface area contributed by atoms with Crippen LogP contribution < -0.4 is 4.90 Å². The van der Waals surface area contributed by atoms with Crippen molar-refractivity contribution in [3.8, 4) is 5.88 Å². The highest BCUT2D eigenvalue weighted by atomic mass is 16.5. The van der Waals surface area contributed by atoms with Crippen molar-refractivity contribution in [1.29, 1.82) is 0 Å². The number of fused-ring (bicyclic) bond motifs is 2. The number of nitrogens with zero attached hydrogens (tertiary/aromatic N) is 2. The lowest BCUT2D eigenvalue weighted by molar-refractivity contribution is -0.0555. The van der Waals surface area contributed by atoms with Gasteiger partial charge in [-0.2, -0.15) is 4.98 Å². The Bertz CT molecular complexity index is 717. The summed E-state index contributed by atoms with van der Waals surface area (Å²) in [6.45, 7) is 4.47. The lowest BCUT2D eigenvalue weighted by atomic mass is 9.84. The van der Waals surface area contributed by atoms with Gasteiger partial charge in [0.15, 0.2) is 5.76 Å². The first-order valence-electron chi connectivity index (χ1n) is 8.88. The Labute approximate surface area is 142 Å². The molecule has 5 nitrogen and oxygen atoms in total. The molecular weight excluding hydrogens is 304 g/mol. The number of aromatic nitrogens is 1. The third-order valence-electron chi connectivity index (χ3n) is 5.28. The molecule has 0 radical (unpaired) electrons. The van der Waals surface area contributed by atoms with E-state index in [2.05, 4.69) is 41.1 Å². The van der Waals surface area contributed by atoms with Crippen LogP contribution in [-0.4, -0.2) is 23.2 Å². The number of oxazole rings is 1. The predicted octanol–water partition coefficient (Wildman–Crippen LogP) is 3.75. The van der Waals surface area contributed by atoms with E-state index in [0.29, 0.717) is 18.4 Å². The predicted molar refractivity (Wildman–Crippen MR) is 91.1 cm³/mol. The first kappa shape index (κ1) is 15.5. The summed E-state index contributed by atoms with van der Waals surface area (Å²) in [5.41, 5.74) is 2.48. The molecule has 0 amide bonds. The molecule has 4 rings (SSSR count). The van der Waals surface area contributed by atoms with Crippen molar-refractivity contribution in [2.24, 2.45) is 0 Å². The minimum Gasteiger partial charge on any atom is -0.491 e. The van der Waals surface area contributed by atoms with Crippen molar-refractivity contribution in [1.82, 2.24) is 4.98 Å². The Balaban J connectivity index is 1.47. The lowest BCUT2D eigenvalue weighted by Crippen LogP contribution is -2.42. The Morgan fingerprint density at radius 1 is 1.25 bits per heavy atom. The second kappa shape index (κ2) is 6.13. The van der Waals surface area contributed by atoms with Crippen LogP contribution in [0.2, 0.25) is 0 Å². The lowest BCUT2D eigenvalue weighted by Gasteiger charge is -2.38. The minimum absolute atomic E-state index is 0.0428. The van der Waals surface area contributed by atoms with Gasteiger partial charge in [-0.1, -0.05) is 37.6 Å². The molecule has 2 aliphatic rings. The van der Waals surface area contributed by atoms with E-state index in [9.17, 15) is 5.11 Å². The standard InChI is InChI=1S/C19H24N2O3/c1-2-3-8-16-17(22)20-18(24-16)21-11-9-19(10-12-21)15-7-5-4-6-14(15)13-23-19/h4-7,22H,2-3,8-13H2,1H3. The third kappa shape index (κ3) is 2.57. The van der Waals surface area contributed by atoms with Crippen LogP contribution in [0.4, 0.5) is 6.01 Å². The van der Waals surface area contributed by atoms with E-state index in [4.69, 9.17) is 9.15 Å². The van der Waals surface area contributed by atoms with Gasteiger partial charge in [0.05, 0.1) is 12.2 Å². The fourth-order valence-corrected chi connectivity index (χ4v) is 3.82. The summed E-state index contributed by atoms with van der Waals surface area (Å²) in [6, 6.07) is 9.05. The van der Waals surface area contributed by atoms with Gasteiger partial charge in [-0.25, -0.2) is 0 Å². The van der Waals surface area contributed by atoms with Crippen LogP contribution >= 0.6 is 0 Å². The molecule has 1 N–H and O–H groups in total. The minimum atomic E-state index is -0.160. The van der Waals surface area contributed by atoms with E-state index in [1.807, 2.05) is 0 Å². The molecule has 2 aliphatic heterocycles. The summed E-state index contributed by atoms with van der Waals surface area (Å²) in [6.07, 6.45) is 4.63. The smallest absolute Gasteiger partial charge is 0.300 e. The molecule has 0 unspecified atom stereocenters. The number of hydrogen-bond donors (Lipinski definition) is 1. The number of anilines is 1. The number of piperidine rings is 1. The van der Waals surface area contributed by atoms with Crippen LogP contribution in [0.5, 0.6) is 5.88 Å². The molecule has 1 saturated heterocycles. The SMILES string of the molecule is CCCCc1oc(N2CCC3(CC2)OCc2ccccc23)nc1O. The Kier molecular flexibility index (Phi) is 3.96. The maximum absolute atomic E-state index is 9.97. The Morgan fingerprint density at radius 2 is 2.04 bits per heavy atom. The Morgan fingerprint density at radius 3 is 2.83 bits per heavy atom. The normalized spacial score (nSPS) is 19.0. The van der Waals surface area contributed by atoms with Crippen LogP contribution in [0.3, 0.4) is 0 Å². The molecule has 0 aliphatic carbocycles. The highest BCUT2D eigenvalue weighted by Crippen LogP contribution is 2.44. The number of benzene rings is 1. The monoisotopic (exact) mass is 328 g/mol. The van der Waals surface area contributed by atoms with Gasteiger partial charge < -0.3 is 19.2 Å². The van der Waals surface area contributed by atoms with Gasteiger partial charge in [0.25, 0.3) is 5.88 Å². The van der Waals surface area contributed by atoms with E-state index in [-0.39, 0.29) is 11.5 Å². The highest BCUT2D eigenvalue weighted by Gasteiger charge is 2.43. The maximum atomic E-state index is 9.97. The van der Waals surface area contributed by atoms with E-state index < -0.39 is 0 Å². The summed E-state index contributed by atoms with van der Waals surface area (Å²) < 4.78 is 12.0. The topological polar surface area (TPSA) is 58.7 Å². The number of unbranched alkanes of at least 4 members (excludes halogenated alkanes) is 1. The zero-order valence-electron chi connectivity index (χ0n) is 14.1. The fraction of sp³-hybridized carbons (Fsp3) is 0.526. The molecule has 1 aromatic carbocycles. The van der Waals surface area contributed by atoms with Crippen LogP contribution in [-0.2, 0) is 23.4 Å². The average Bonchev–Trinajstić information content (AvgIpc) is 3.16. The van der Waals surface area contributed by atoms with Gasteiger partial charge in [0.2, 0.25) is 0 Å².